The first kappa shape index (κ1) is 13.1. The minimum Gasteiger partial charge on any atom is -0.497 e. The number of carbonyl (C=O) groups is 1. The van der Waals surface area contributed by atoms with E-state index in [-0.39, 0.29) is 11.0 Å². The van der Waals surface area contributed by atoms with Gasteiger partial charge in [-0.15, -0.1) is 11.8 Å². The van der Waals surface area contributed by atoms with Gasteiger partial charge < -0.3 is 9.47 Å². The molecule has 0 aromatic heterocycles. The van der Waals surface area contributed by atoms with Gasteiger partial charge in [-0.1, -0.05) is 18.2 Å². The molecule has 1 heterocycles. The van der Waals surface area contributed by atoms with Gasteiger partial charge in [-0.3, -0.25) is 4.79 Å². The highest BCUT2D eigenvalue weighted by Gasteiger charge is 2.29. The van der Waals surface area contributed by atoms with E-state index in [0.717, 1.165) is 4.90 Å². The molecule has 0 fully saturated rings. The summed E-state index contributed by atoms with van der Waals surface area (Å²) < 4.78 is 10.8. The first-order valence-electron chi connectivity index (χ1n) is 6.34. The van der Waals surface area contributed by atoms with E-state index in [9.17, 15) is 4.79 Å². The molecule has 0 spiro atoms. The number of hydrogen-bond acceptors (Lipinski definition) is 4. The Bertz CT molecular complexity index is 625. The monoisotopic (exact) mass is 286 g/mol. The van der Waals surface area contributed by atoms with Crippen molar-refractivity contribution in [3.8, 4) is 11.5 Å². The summed E-state index contributed by atoms with van der Waals surface area (Å²) in [7, 11) is 1.60. The molecular weight excluding hydrogens is 272 g/mol. The van der Waals surface area contributed by atoms with Gasteiger partial charge in [0.1, 0.15) is 23.4 Å². The van der Waals surface area contributed by atoms with Gasteiger partial charge in [0, 0.05) is 11.0 Å². The summed E-state index contributed by atoms with van der Waals surface area (Å²) in [5.74, 6) is 1.42. The maximum atomic E-state index is 12.5. The number of thioether (sulfide) groups is 1. The Labute approximate surface area is 121 Å². The molecular formula is C16H14O3S. The molecule has 0 bridgehead atoms. The van der Waals surface area contributed by atoms with Gasteiger partial charge in [0.15, 0.2) is 5.78 Å². The van der Waals surface area contributed by atoms with Crippen LogP contribution in [0.1, 0.15) is 10.4 Å². The van der Waals surface area contributed by atoms with E-state index >= 15 is 0 Å². The van der Waals surface area contributed by atoms with Crippen molar-refractivity contribution in [3.63, 3.8) is 0 Å². The summed E-state index contributed by atoms with van der Waals surface area (Å²) in [6, 6.07) is 15.2. The fraction of sp³-hybridized carbons (Fsp3) is 0.188. The van der Waals surface area contributed by atoms with Crippen molar-refractivity contribution in [2.24, 2.45) is 0 Å². The molecule has 102 valence electrons. The van der Waals surface area contributed by atoms with Gasteiger partial charge in [-0.2, -0.15) is 0 Å². The van der Waals surface area contributed by atoms with Gasteiger partial charge in [0.05, 0.1) is 12.7 Å². The number of ether oxygens (including phenoxy) is 2. The van der Waals surface area contributed by atoms with Crippen LogP contribution in [0.2, 0.25) is 0 Å². The van der Waals surface area contributed by atoms with Crippen LogP contribution >= 0.6 is 11.8 Å². The third-order valence-electron chi connectivity index (χ3n) is 3.16. The van der Waals surface area contributed by atoms with Crippen LogP contribution in [-0.4, -0.2) is 24.7 Å². The summed E-state index contributed by atoms with van der Waals surface area (Å²) in [5.41, 5.74) is 0.630. The van der Waals surface area contributed by atoms with E-state index in [0.29, 0.717) is 23.7 Å². The lowest BCUT2D eigenvalue weighted by molar-refractivity contribution is 0.0943. The van der Waals surface area contributed by atoms with Crippen molar-refractivity contribution in [3.05, 3.63) is 54.1 Å². The van der Waals surface area contributed by atoms with Crippen LogP contribution in [0.15, 0.2) is 53.4 Å². The van der Waals surface area contributed by atoms with Gasteiger partial charge in [-0.05, 0) is 24.3 Å². The van der Waals surface area contributed by atoms with Crippen LogP contribution in [0.3, 0.4) is 0 Å². The van der Waals surface area contributed by atoms with Crippen molar-refractivity contribution < 1.29 is 14.3 Å². The molecule has 0 saturated heterocycles. The Morgan fingerprint density at radius 3 is 2.75 bits per heavy atom. The summed E-state index contributed by atoms with van der Waals surface area (Å²) in [4.78, 5) is 13.6. The minimum absolute atomic E-state index is 0.114. The predicted octanol–water partition coefficient (Wildman–Crippen LogP) is 3.43. The molecule has 2 aromatic carbocycles. The van der Waals surface area contributed by atoms with Gasteiger partial charge in [-0.25, -0.2) is 0 Å². The molecule has 0 aliphatic carbocycles. The zero-order valence-electron chi connectivity index (χ0n) is 11.0. The van der Waals surface area contributed by atoms with Crippen LogP contribution in [0.5, 0.6) is 11.5 Å². The van der Waals surface area contributed by atoms with E-state index in [4.69, 9.17) is 9.47 Å². The fourth-order valence-electron chi connectivity index (χ4n) is 2.12. The fourth-order valence-corrected chi connectivity index (χ4v) is 3.13. The molecule has 0 saturated carbocycles. The van der Waals surface area contributed by atoms with Crippen LogP contribution in [0.4, 0.5) is 0 Å². The average Bonchev–Trinajstić information content (AvgIpc) is 2.51. The molecule has 1 atom stereocenters. The second-order valence-corrected chi connectivity index (χ2v) is 5.73. The first-order chi connectivity index (χ1) is 9.78. The average molecular weight is 286 g/mol. The molecule has 20 heavy (non-hydrogen) atoms. The number of methoxy groups -OCH3 is 1. The van der Waals surface area contributed by atoms with E-state index < -0.39 is 0 Å². The number of rotatable bonds is 3. The Morgan fingerprint density at radius 1 is 1.20 bits per heavy atom. The van der Waals surface area contributed by atoms with Gasteiger partial charge in [0.2, 0.25) is 0 Å². The second-order valence-electron chi connectivity index (χ2n) is 4.46. The number of benzene rings is 2. The van der Waals surface area contributed by atoms with Crippen molar-refractivity contribution in [1.82, 2.24) is 0 Å². The minimum atomic E-state index is -0.196. The molecule has 1 aliphatic heterocycles. The number of fused-ring (bicyclic) bond motifs is 1. The maximum absolute atomic E-state index is 12.5. The van der Waals surface area contributed by atoms with Crippen molar-refractivity contribution >= 4 is 17.5 Å². The summed E-state index contributed by atoms with van der Waals surface area (Å²) in [5, 5.41) is -0.196. The third kappa shape index (κ3) is 2.51. The van der Waals surface area contributed by atoms with Gasteiger partial charge in [0.25, 0.3) is 0 Å². The lowest BCUT2D eigenvalue weighted by atomic mass is 10.0. The van der Waals surface area contributed by atoms with Crippen LogP contribution in [0, 0.1) is 0 Å². The summed E-state index contributed by atoms with van der Waals surface area (Å²) in [6.45, 7) is 0.387. The predicted molar refractivity (Wildman–Crippen MR) is 78.9 cm³/mol. The zero-order chi connectivity index (χ0) is 13.9. The Kier molecular flexibility index (Phi) is 3.65. The van der Waals surface area contributed by atoms with Crippen LogP contribution in [-0.2, 0) is 0 Å². The summed E-state index contributed by atoms with van der Waals surface area (Å²) >= 11 is 1.54. The highest BCUT2D eigenvalue weighted by Crippen LogP contribution is 2.34. The number of ketones is 1. The first-order valence-corrected chi connectivity index (χ1v) is 7.22. The highest BCUT2D eigenvalue weighted by molar-refractivity contribution is 8.00. The quantitative estimate of drug-likeness (QED) is 0.866. The molecule has 1 aliphatic rings. The SMILES string of the molecule is COc1ccc2c(c1)OCC(Sc1ccccc1)C2=O. The van der Waals surface area contributed by atoms with Crippen molar-refractivity contribution in [2.45, 2.75) is 10.1 Å². The van der Waals surface area contributed by atoms with Crippen LogP contribution < -0.4 is 9.47 Å². The van der Waals surface area contributed by atoms with E-state index in [1.165, 1.54) is 0 Å². The Balaban J connectivity index is 1.82. The topological polar surface area (TPSA) is 35.5 Å². The van der Waals surface area contributed by atoms with E-state index in [1.54, 1.807) is 37.1 Å². The third-order valence-corrected chi connectivity index (χ3v) is 4.34. The van der Waals surface area contributed by atoms with E-state index in [1.807, 2.05) is 30.3 Å². The lowest BCUT2D eigenvalue weighted by Crippen LogP contribution is -2.30. The van der Waals surface area contributed by atoms with Gasteiger partial charge >= 0.3 is 0 Å². The summed E-state index contributed by atoms with van der Waals surface area (Å²) in [6.07, 6.45) is 0. The largest absolute Gasteiger partial charge is 0.497 e. The van der Waals surface area contributed by atoms with Crippen LogP contribution in [0.25, 0.3) is 0 Å². The maximum Gasteiger partial charge on any atom is 0.183 e. The molecule has 0 N–H and O–H groups in total. The normalized spacial score (nSPS) is 17.2. The smallest absolute Gasteiger partial charge is 0.183 e. The molecule has 2 aromatic rings. The Morgan fingerprint density at radius 2 is 2.00 bits per heavy atom. The number of hydrogen-bond donors (Lipinski definition) is 0. The Hall–Kier alpha value is -1.94. The molecule has 1 unspecified atom stereocenters. The van der Waals surface area contributed by atoms with Crippen molar-refractivity contribution in [1.29, 1.82) is 0 Å². The van der Waals surface area contributed by atoms with E-state index in [2.05, 4.69) is 0 Å². The number of Topliss-reactive ketones (excluding diaryl/α,β-unsaturated/α-hetero) is 1. The lowest BCUT2D eigenvalue weighted by Gasteiger charge is -2.24. The highest BCUT2D eigenvalue weighted by atomic mass is 32.2. The number of carbonyl (C=O) groups excluding carboxylic acids is 1. The molecule has 3 nitrogen and oxygen atoms in total. The molecule has 4 heteroatoms. The molecule has 0 amide bonds. The second kappa shape index (κ2) is 5.59. The standard InChI is InChI=1S/C16H14O3S/c1-18-11-7-8-13-14(9-11)19-10-15(16(13)17)20-12-5-3-2-4-6-12/h2-9,15H,10H2,1H3. The molecule has 3 rings (SSSR count). The molecule has 0 radical (unpaired) electrons. The zero-order valence-corrected chi connectivity index (χ0v) is 11.9. The van der Waals surface area contributed by atoms with Crippen molar-refractivity contribution in [2.75, 3.05) is 13.7 Å².